The number of carbonyl (C=O) groups excluding carboxylic acids is 1. The third-order valence-electron chi connectivity index (χ3n) is 1.36. The van der Waals surface area contributed by atoms with Gasteiger partial charge in [-0.25, -0.2) is 4.79 Å². The fraction of sp³-hybridized carbons (Fsp3) is 0.571. The maximum atomic E-state index is 11.0. The number of nitrogens with one attached hydrogen (secondary N) is 1. The Morgan fingerprint density at radius 2 is 2.23 bits per heavy atom. The van der Waals surface area contributed by atoms with Crippen LogP contribution in [-0.4, -0.2) is 34.4 Å². The van der Waals surface area contributed by atoms with E-state index in [0.717, 1.165) is 0 Å². The summed E-state index contributed by atoms with van der Waals surface area (Å²) in [5.41, 5.74) is 5.24. The van der Waals surface area contributed by atoms with E-state index >= 15 is 0 Å². The summed E-state index contributed by atoms with van der Waals surface area (Å²) in [6.45, 7) is 1.48. The summed E-state index contributed by atoms with van der Waals surface area (Å²) < 4.78 is 0. The first kappa shape index (κ1) is 12.0. The van der Waals surface area contributed by atoms with Gasteiger partial charge in [-0.2, -0.15) is 0 Å². The van der Waals surface area contributed by atoms with Crippen LogP contribution < -0.4 is 11.1 Å². The van der Waals surface area contributed by atoms with Gasteiger partial charge in [0.15, 0.2) is 0 Å². The number of thiocarbonyl (C=S) groups is 1. The van der Waals surface area contributed by atoms with Crippen LogP contribution in [0.1, 0.15) is 13.3 Å². The van der Waals surface area contributed by atoms with Crippen LogP contribution in [0.25, 0.3) is 0 Å². The van der Waals surface area contributed by atoms with E-state index in [9.17, 15) is 9.59 Å². The molecule has 0 aliphatic heterocycles. The first-order valence-electron chi connectivity index (χ1n) is 3.71. The van der Waals surface area contributed by atoms with Gasteiger partial charge in [0.05, 0.1) is 6.04 Å². The van der Waals surface area contributed by atoms with Crippen molar-refractivity contribution in [3.63, 3.8) is 0 Å². The van der Waals surface area contributed by atoms with E-state index in [1.54, 1.807) is 0 Å². The van der Waals surface area contributed by atoms with E-state index in [2.05, 4.69) is 17.5 Å². The Hall–Kier alpha value is -1.01. The molecule has 0 aromatic heterocycles. The molecule has 0 aliphatic carbocycles. The Morgan fingerprint density at radius 1 is 1.69 bits per heavy atom. The van der Waals surface area contributed by atoms with Crippen LogP contribution in [-0.2, 0) is 9.59 Å². The molecule has 0 aliphatic rings. The highest BCUT2D eigenvalue weighted by Crippen LogP contribution is 1.91. The van der Waals surface area contributed by atoms with Gasteiger partial charge in [0, 0.05) is 6.42 Å². The molecule has 5 nitrogen and oxygen atoms in total. The number of hydrogen-bond donors (Lipinski definition) is 3. The molecule has 0 radical (unpaired) electrons. The minimum absolute atomic E-state index is 0.114. The molecule has 4 N–H and O–H groups in total. The molecule has 13 heavy (non-hydrogen) atoms. The predicted molar refractivity (Wildman–Crippen MR) is 51.5 cm³/mol. The van der Waals surface area contributed by atoms with Crippen molar-refractivity contribution < 1.29 is 14.7 Å². The van der Waals surface area contributed by atoms with Gasteiger partial charge < -0.3 is 16.2 Å². The Morgan fingerprint density at radius 3 is 2.54 bits per heavy atom. The largest absolute Gasteiger partial charge is 0.480 e. The van der Waals surface area contributed by atoms with E-state index in [-0.39, 0.29) is 6.42 Å². The lowest BCUT2D eigenvalue weighted by Gasteiger charge is -2.13. The Labute approximate surface area is 81.3 Å². The van der Waals surface area contributed by atoms with E-state index < -0.39 is 24.0 Å². The monoisotopic (exact) mass is 204 g/mol. The van der Waals surface area contributed by atoms with Crippen LogP contribution in [0.15, 0.2) is 0 Å². The molecule has 1 amide bonds. The molecule has 0 rings (SSSR count). The SMILES string of the molecule is C[C@H](N)C(=O)NC(CC=S)C(=O)O. The molecule has 2 atom stereocenters. The van der Waals surface area contributed by atoms with E-state index in [0.29, 0.717) is 0 Å². The summed E-state index contributed by atoms with van der Waals surface area (Å²) in [6.07, 6.45) is 0.114. The van der Waals surface area contributed by atoms with Crippen molar-refractivity contribution in [1.82, 2.24) is 5.32 Å². The number of carbonyl (C=O) groups is 2. The summed E-state index contributed by atoms with van der Waals surface area (Å²) >= 11 is 4.50. The number of carboxylic acids is 1. The molecule has 0 spiro atoms. The number of hydrogen-bond acceptors (Lipinski definition) is 4. The molecule has 0 bridgehead atoms. The van der Waals surface area contributed by atoms with Crippen LogP contribution in [0.2, 0.25) is 0 Å². The van der Waals surface area contributed by atoms with E-state index in [1.807, 2.05) is 0 Å². The zero-order valence-corrected chi connectivity index (χ0v) is 8.00. The number of rotatable bonds is 5. The van der Waals surface area contributed by atoms with Gasteiger partial charge in [-0.15, -0.1) is 0 Å². The summed E-state index contributed by atoms with van der Waals surface area (Å²) in [4.78, 5) is 21.5. The molecule has 0 saturated heterocycles. The molecule has 0 fully saturated rings. The third kappa shape index (κ3) is 4.54. The Kier molecular flexibility index (Phi) is 5.17. The maximum Gasteiger partial charge on any atom is 0.326 e. The fourth-order valence-electron chi connectivity index (χ4n) is 0.621. The minimum Gasteiger partial charge on any atom is -0.480 e. The first-order chi connectivity index (χ1) is 5.99. The molecule has 1 unspecified atom stereocenters. The van der Waals surface area contributed by atoms with Crippen LogP contribution in [0.4, 0.5) is 0 Å². The molecule has 0 aromatic carbocycles. The van der Waals surface area contributed by atoms with Gasteiger partial charge in [-0.3, -0.25) is 4.79 Å². The molecule has 0 aromatic rings. The average molecular weight is 204 g/mol. The lowest BCUT2D eigenvalue weighted by molar-refractivity contribution is -0.141. The highest BCUT2D eigenvalue weighted by atomic mass is 32.1. The van der Waals surface area contributed by atoms with Crippen LogP contribution in [0, 0.1) is 0 Å². The van der Waals surface area contributed by atoms with Gasteiger partial charge in [0.1, 0.15) is 6.04 Å². The number of amides is 1. The minimum atomic E-state index is -1.12. The van der Waals surface area contributed by atoms with Crippen LogP contribution in [0.3, 0.4) is 0 Å². The summed E-state index contributed by atoms with van der Waals surface area (Å²) in [6, 6.07) is -1.69. The molecule has 74 valence electrons. The zero-order chi connectivity index (χ0) is 10.4. The van der Waals surface area contributed by atoms with Gasteiger partial charge in [0.2, 0.25) is 5.91 Å². The predicted octanol–water partition coefficient (Wildman–Crippen LogP) is -0.707. The first-order valence-corrected chi connectivity index (χ1v) is 4.18. The molecule has 0 saturated carbocycles. The zero-order valence-electron chi connectivity index (χ0n) is 7.19. The fourth-order valence-corrected chi connectivity index (χ4v) is 0.813. The van der Waals surface area contributed by atoms with Crippen LogP contribution in [0.5, 0.6) is 0 Å². The van der Waals surface area contributed by atoms with Crippen molar-refractivity contribution in [3.05, 3.63) is 0 Å². The van der Waals surface area contributed by atoms with Gasteiger partial charge >= 0.3 is 5.97 Å². The van der Waals surface area contributed by atoms with Crippen molar-refractivity contribution in [3.8, 4) is 0 Å². The second-order valence-corrected chi connectivity index (χ2v) is 2.92. The van der Waals surface area contributed by atoms with Crippen molar-refractivity contribution >= 4 is 29.5 Å². The lowest BCUT2D eigenvalue weighted by atomic mass is 10.2. The van der Waals surface area contributed by atoms with Crippen molar-refractivity contribution in [1.29, 1.82) is 0 Å². The third-order valence-corrected chi connectivity index (χ3v) is 1.55. The standard InChI is InChI=1S/C7H12N2O3S/c1-4(8)6(10)9-5(2-3-13)7(11)12/h3-5H,2,8H2,1H3,(H,9,10)(H,11,12)/t4-,5?/m0/s1. The Balaban J connectivity index is 4.17. The van der Waals surface area contributed by atoms with Crippen molar-refractivity contribution in [2.45, 2.75) is 25.4 Å². The summed E-state index contributed by atoms with van der Waals surface area (Å²) in [5, 5.41) is 12.1. The normalized spacial score (nSPS) is 14.3. The molecular weight excluding hydrogens is 192 g/mol. The number of carboxylic acid groups (broad SMARTS) is 1. The molecule has 0 heterocycles. The summed E-state index contributed by atoms with van der Waals surface area (Å²) in [7, 11) is 0. The summed E-state index contributed by atoms with van der Waals surface area (Å²) in [5.74, 6) is -1.61. The molecule has 6 heteroatoms. The second kappa shape index (κ2) is 5.60. The molecular formula is C7H12N2O3S. The van der Waals surface area contributed by atoms with Crippen molar-refractivity contribution in [2.75, 3.05) is 0 Å². The average Bonchev–Trinajstić information content (AvgIpc) is 2.03. The highest BCUT2D eigenvalue weighted by Gasteiger charge is 2.19. The number of aliphatic carboxylic acids is 1. The van der Waals surface area contributed by atoms with E-state index in [1.165, 1.54) is 12.3 Å². The van der Waals surface area contributed by atoms with Crippen LogP contribution >= 0.6 is 12.2 Å². The van der Waals surface area contributed by atoms with E-state index in [4.69, 9.17) is 10.8 Å². The smallest absolute Gasteiger partial charge is 0.326 e. The second-order valence-electron chi connectivity index (χ2n) is 2.59. The maximum absolute atomic E-state index is 11.0. The quantitative estimate of drug-likeness (QED) is 0.515. The van der Waals surface area contributed by atoms with Crippen molar-refractivity contribution in [2.24, 2.45) is 5.73 Å². The number of nitrogens with two attached hydrogens (primary N) is 1. The lowest BCUT2D eigenvalue weighted by Crippen LogP contribution is -2.47. The Bertz CT molecular complexity index is 218. The highest BCUT2D eigenvalue weighted by molar-refractivity contribution is 7.78. The van der Waals surface area contributed by atoms with Gasteiger partial charge in [0.25, 0.3) is 0 Å². The van der Waals surface area contributed by atoms with Gasteiger partial charge in [-0.05, 0) is 12.3 Å². The topological polar surface area (TPSA) is 92.4 Å². The van der Waals surface area contributed by atoms with Gasteiger partial charge in [-0.1, -0.05) is 12.2 Å².